The molecule has 0 aliphatic heterocycles. The van der Waals surface area contributed by atoms with Crippen LogP contribution in [0.4, 0.5) is 0 Å². The fourth-order valence-corrected chi connectivity index (χ4v) is 0.790. The number of aryl methyl sites for hydroxylation is 1. The molecule has 0 aliphatic rings. The van der Waals surface area contributed by atoms with Crippen molar-refractivity contribution in [2.75, 3.05) is 0 Å². The molecule has 1 heterocycles. The van der Waals surface area contributed by atoms with Crippen molar-refractivity contribution in [3.63, 3.8) is 0 Å². The Bertz CT molecular complexity index is 316. The molecule has 0 fully saturated rings. The van der Waals surface area contributed by atoms with Crippen molar-refractivity contribution in [2.45, 2.75) is 6.92 Å². The summed E-state index contributed by atoms with van der Waals surface area (Å²) in [5, 5.41) is 9.17. The molecule has 0 aromatic carbocycles. The molecule has 0 radical (unpaired) electrons. The lowest BCUT2D eigenvalue weighted by Crippen LogP contribution is -2.06. The smallest absolute Gasteiger partial charge is 0.256 e. The van der Waals surface area contributed by atoms with Gasteiger partial charge in [-0.05, 0) is 18.6 Å². The second-order valence-electron chi connectivity index (χ2n) is 2.07. The Labute approximate surface area is 73.0 Å². The summed E-state index contributed by atoms with van der Waals surface area (Å²) in [5.74, 6) is -0.0764. The van der Waals surface area contributed by atoms with Gasteiger partial charge in [0.05, 0.1) is 0 Å². The molecular weight excluding hydrogens is 184 g/mol. The van der Waals surface area contributed by atoms with Gasteiger partial charge in [-0.15, -0.1) is 10.1 Å². The van der Waals surface area contributed by atoms with Gasteiger partial charge in [-0.3, -0.25) is 4.84 Å². The second kappa shape index (κ2) is 3.36. The van der Waals surface area contributed by atoms with Crippen LogP contribution < -0.4 is 4.84 Å². The highest BCUT2D eigenvalue weighted by molar-refractivity contribution is 6.29. The Hall–Kier alpha value is -1.36. The Morgan fingerprint density at radius 2 is 2.33 bits per heavy atom. The van der Waals surface area contributed by atoms with E-state index in [-0.39, 0.29) is 11.0 Å². The van der Waals surface area contributed by atoms with Crippen LogP contribution in [0.5, 0.6) is 5.88 Å². The SMILES string of the molecule is Cc1ccc(Cl)nc1O[N+](=O)[O-]. The van der Waals surface area contributed by atoms with Crippen molar-refractivity contribution in [3.8, 4) is 5.88 Å². The van der Waals surface area contributed by atoms with Gasteiger partial charge < -0.3 is 0 Å². The lowest BCUT2D eigenvalue weighted by atomic mass is 10.3. The molecular formula is C6H5ClN2O3. The summed E-state index contributed by atoms with van der Waals surface area (Å²) in [6.45, 7) is 1.64. The zero-order chi connectivity index (χ0) is 9.14. The van der Waals surface area contributed by atoms with E-state index in [1.54, 1.807) is 13.0 Å². The number of hydrogen-bond acceptors (Lipinski definition) is 4. The van der Waals surface area contributed by atoms with Gasteiger partial charge in [0.1, 0.15) is 5.15 Å². The first-order chi connectivity index (χ1) is 5.59. The van der Waals surface area contributed by atoms with Gasteiger partial charge in [0.15, 0.2) is 0 Å². The Balaban J connectivity index is 2.97. The third-order valence-electron chi connectivity index (χ3n) is 1.18. The Morgan fingerprint density at radius 1 is 1.67 bits per heavy atom. The predicted octanol–water partition coefficient (Wildman–Crippen LogP) is 1.61. The maximum Gasteiger partial charge on any atom is 0.301 e. The van der Waals surface area contributed by atoms with Crippen LogP contribution in [0.15, 0.2) is 12.1 Å². The minimum Gasteiger partial charge on any atom is -0.256 e. The maximum atomic E-state index is 9.93. The van der Waals surface area contributed by atoms with Gasteiger partial charge in [-0.2, -0.15) is 0 Å². The van der Waals surface area contributed by atoms with Crippen LogP contribution in [-0.4, -0.2) is 10.1 Å². The van der Waals surface area contributed by atoms with Gasteiger partial charge >= 0.3 is 5.09 Å². The molecule has 0 N–H and O–H groups in total. The normalized spacial score (nSPS) is 9.50. The van der Waals surface area contributed by atoms with Crippen molar-refractivity contribution >= 4 is 11.6 Å². The summed E-state index contributed by atoms with van der Waals surface area (Å²) in [6.07, 6.45) is 0. The molecule has 0 atom stereocenters. The van der Waals surface area contributed by atoms with Crippen LogP contribution in [-0.2, 0) is 0 Å². The highest BCUT2D eigenvalue weighted by atomic mass is 35.5. The van der Waals surface area contributed by atoms with Crippen LogP contribution in [0.2, 0.25) is 5.15 Å². The first-order valence-corrected chi connectivity index (χ1v) is 3.43. The number of pyridine rings is 1. The van der Waals surface area contributed by atoms with Gasteiger partial charge in [-0.1, -0.05) is 17.7 Å². The summed E-state index contributed by atoms with van der Waals surface area (Å²) in [4.78, 5) is 17.7. The molecule has 0 bridgehead atoms. The number of halogens is 1. The minimum atomic E-state index is -0.925. The van der Waals surface area contributed by atoms with E-state index in [2.05, 4.69) is 9.82 Å². The van der Waals surface area contributed by atoms with Crippen LogP contribution in [0.25, 0.3) is 0 Å². The highest BCUT2D eigenvalue weighted by Gasteiger charge is 2.05. The molecule has 0 unspecified atom stereocenters. The fraction of sp³-hybridized carbons (Fsp3) is 0.167. The Morgan fingerprint density at radius 3 is 2.92 bits per heavy atom. The number of nitrogens with zero attached hydrogens (tertiary/aromatic N) is 2. The second-order valence-corrected chi connectivity index (χ2v) is 2.46. The lowest BCUT2D eigenvalue weighted by molar-refractivity contribution is -0.712. The molecule has 0 saturated heterocycles. The first kappa shape index (κ1) is 8.73. The van der Waals surface area contributed by atoms with Crippen LogP contribution >= 0.6 is 11.6 Å². The van der Waals surface area contributed by atoms with Crippen molar-refractivity contribution in [3.05, 3.63) is 33.0 Å². The summed E-state index contributed by atoms with van der Waals surface area (Å²) in [7, 11) is 0. The summed E-state index contributed by atoms with van der Waals surface area (Å²) >= 11 is 5.49. The van der Waals surface area contributed by atoms with E-state index in [1.807, 2.05) is 0 Å². The quantitative estimate of drug-likeness (QED) is 0.402. The standard InChI is InChI=1S/C6H5ClN2O3/c1-4-2-3-5(7)8-6(4)12-9(10)11/h2-3H,1H3. The van der Waals surface area contributed by atoms with E-state index in [0.29, 0.717) is 5.56 Å². The fourth-order valence-electron chi connectivity index (χ4n) is 0.651. The molecule has 0 amide bonds. The van der Waals surface area contributed by atoms with Crippen molar-refractivity contribution in [1.82, 2.24) is 4.98 Å². The monoisotopic (exact) mass is 188 g/mol. The van der Waals surface area contributed by atoms with Gasteiger partial charge in [0.2, 0.25) is 5.88 Å². The van der Waals surface area contributed by atoms with E-state index in [1.165, 1.54) is 6.07 Å². The molecule has 5 nitrogen and oxygen atoms in total. The van der Waals surface area contributed by atoms with Gasteiger partial charge in [0, 0.05) is 0 Å². The van der Waals surface area contributed by atoms with Crippen LogP contribution in [0, 0.1) is 17.0 Å². The molecule has 0 aliphatic carbocycles. The highest BCUT2D eigenvalue weighted by Crippen LogP contribution is 2.17. The predicted molar refractivity (Wildman–Crippen MR) is 41.6 cm³/mol. The van der Waals surface area contributed by atoms with E-state index in [4.69, 9.17) is 11.6 Å². The number of rotatable bonds is 2. The van der Waals surface area contributed by atoms with E-state index >= 15 is 0 Å². The van der Waals surface area contributed by atoms with E-state index in [0.717, 1.165) is 0 Å². The zero-order valence-electron chi connectivity index (χ0n) is 6.15. The van der Waals surface area contributed by atoms with Crippen LogP contribution in [0.1, 0.15) is 5.56 Å². The summed E-state index contributed by atoms with van der Waals surface area (Å²) in [6, 6.07) is 3.12. The lowest BCUT2D eigenvalue weighted by Gasteiger charge is -2.00. The molecule has 1 rings (SSSR count). The maximum absolute atomic E-state index is 9.93. The van der Waals surface area contributed by atoms with Crippen LogP contribution in [0.3, 0.4) is 0 Å². The molecule has 0 spiro atoms. The zero-order valence-corrected chi connectivity index (χ0v) is 6.91. The molecule has 12 heavy (non-hydrogen) atoms. The Kier molecular flexibility index (Phi) is 2.44. The number of hydrogen-bond donors (Lipinski definition) is 0. The topological polar surface area (TPSA) is 65.3 Å². The van der Waals surface area contributed by atoms with Crippen molar-refractivity contribution in [2.24, 2.45) is 0 Å². The van der Waals surface area contributed by atoms with Gasteiger partial charge in [0.25, 0.3) is 0 Å². The third-order valence-corrected chi connectivity index (χ3v) is 1.39. The average molecular weight is 189 g/mol. The molecule has 0 saturated carbocycles. The minimum absolute atomic E-state index is 0.0764. The van der Waals surface area contributed by atoms with Crippen molar-refractivity contribution in [1.29, 1.82) is 0 Å². The molecule has 64 valence electrons. The number of aromatic nitrogens is 1. The third kappa shape index (κ3) is 2.06. The molecule has 1 aromatic heterocycles. The van der Waals surface area contributed by atoms with Crippen molar-refractivity contribution < 1.29 is 9.92 Å². The van der Waals surface area contributed by atoms with E-state index in [9.17, 15) is 10.1 Å². The average Bonchev–Trinajstić information content (AvgIpc) is 1.96. The summed E-state index contributed by atoms with van der Waals surface area (Å²) < 4.78 is 0. The molecule has 6 heteroatoms. The summed E-state index contributed by atoms with van der Waals surface area (Å²) in [5.41, 5.74) is 0.566. The largest absolute Gasteiger partial charge is 0.301 e. The van der Waals surface area contributed by atoms with E-state index < -0.39 is 5.09 Å². The molecule has 1 aromatic rings. The first-order valence-electron chi connectivity index (χ1n) is 3.05. The van der Waals surface area contributed by atoms with Gasteiger partial charge in [-0.25, -0.2) is 4.98 Å².